The molecule has 52 heavy (non-hydrogen) atoms. The highest BCUT2D eigenvalue weighted by atomic mass is 32.1. The summed E-state index contributed by atoms with van der Waals surface area (Å²) in [7, 11) is 0. The fourth-order valence-electron chi connectivity index (χ4n) is 9.08. The number of benzene rings is 7. The third-order valence-electron chi connectivity index (χ3n) is 11.3. The maximum atomic E-state index is 9.99. The summed E-state index contributed by atoms with van der Waals surface area (Å²) in [6.45, 7) is 4.66. The number of nitriles is 2. The van der Waals surface area contributed by atoms with Gasteiger partial charge in [0.05, 0.1) is 45.3 Å². The van der Waals surface area contributed by atoms with Crippen LogP contribution in [0.5, 0.6) is 0 Å². The molecular weight excluding hydrogens is 653 g/mol. The molecule has 0 radical (unpaired) electrons. The standard InChI is InChI=1S/C47H28N4S/c1-47(2)38-9-5-3-7-31(38)33-15-18-42-45(46(33)47)37-22-28(26-49)12-17-41(37)51(42)30-14-20-44-36(24-30)35-23-29(13-19-43(35)52-44)50-39-10-6-4-8-32(39)34-21-27(25-48)11-16-40(34)50/h3-24H,1-2H3. The molecule has 242 valence electrons. The van der Waals surface area contributed by atoms with Gasteiger partial charge in [0.15, 0.2) is 0 Å². The highest BCUT2D eigenvalue weighted by molar-refractivity contribution is 7.25. The Morgan fingerprint density at radius 1 is 0.500 bits per heavy atom. The van der Waals surface area contributed by atoms with Gasteiger partial charge in [0, 0.05) is 58.5 Å². The van der Waals surface area contributed by atoms with Crippen molar-refractivity contribution in [1.29, 1.82) is 10.5 Å². The van der Waals surface area contributed by atoms with Crippen LogP contribution in [0.2, 0.25) is 0 Å². The molecule has 3 aromatic heterocycles. The Hall–Kier alpha value is -6.66. The van der Waals surface area contributed by atoms with E-state index in [4.69, 9.17) is 0 Å². The number of hydrogen-bond donors (Lipinski definition) is 0. The molecule has 0 N–H and O–H groups in total. The van der Waals surface area contributed by atoms with Crippen molar-refractivity contribution in [2.45, 2.75) is 19.3 Å². The summed E-state index contributed by atoms with van der Waals surface area (Å²) in [5.41, 5.74) is 13.0. The van der Waals surface area contributed by atoms with E-state index in [2.05, 4.69) is 150 Å². The zero-order valence-electron chi connectivity index (χ0n) is 28.4. The van der Waals surface area contributed by atoms with E-state index in [9.17, 15) is 10.5 Å². The molecule has 0 fully saturated rings. The predicted molar refractivity (Wildman–Crippen MR) is 215 cm³/mol. The zero-order valence-corrected chi connectivity index (χ0v) is 29.2. The van der Waals surface area contributed by atoms with Crippen LogP contribution in [0.4, 0.5) is 0 Å². The Kier molecular flexibility index (Phi) is 5.71. The van der Waals surface area contributed by atoms with Gasteiger partial charge in [-0.05, 0) is 107 Å². The monoisotopic (exact) mass is 680 g/mol. The Balaban J connectivity index is 1.17. The van der Waals surface area contributed by atoms with Crippen LogP contribution in [-0.2, 0) is 5.41 Å². The average molecular weight is 681 g/mol. The summed E-state index contributed by atoms with van der Waals surface area (Å²) in [5.74, 6) is 0. The highest BCUT2D eigenvalue weighted by Crippen LogP contribution is 2.53. The van der Waals surface area contributed by atoms with Crippen molar-refractivity contribution < 1.29 is 0 Å². The van der Waals surface area contributed by atoms with Gasteiger partial charge in [-0.2, -0.15) is 10.5 Å². The number of para-hydroxylation sites is 1. The highest BCUT2D eigenvalue weighted by Gasteiger charge is 2.38. The van der Waals surface area contributed by atoms with Crippen molar-refractivity contribution in [3.63, 3.8) is 0 Å². The van der Waals surface area contributed by atoms with E-state index in [-0.39, 0.29) is 5.41 Å². The Morgan fingerprint density at radius 3 is 1.79 bits per heavy atom. The molecule has 0 unspecified atom stereocenters. The second-order valence-corrected chi connectivity index (χ2v) is 15.5. The molecule has 0 saturated carbocycles. The van der Waals surface area contributed by atoms with E-state index in [0.717, 1.165) is 49.6 Å². The van der Waals surface area contributed by atoms with E-state index in [1.807, 2.05) is 29.5 Å². The molecule has 0 atom stereocenters. The molecule has 4 nitrogen and oxygen atoms in total. The summed E-state index contributed by atoms with van der Waals surface area (Å²) in [6, 6.07) is 52.2. The summed E-state index contributed by atoms with van der Waals surface area (Å²) in [4.78, 5) is 0. The molecule has 0 spiro atoms. The predicted octanol–water partition coefficient (Wildman–Crippen LogP) is 12.3. The average Bonchev–Trinajstić information content (AvgIpc) is 3.89. The minimum Gasteiger partial charge on any atom is -0.309 e. The van der Waals surface area contributed by atoms with Crippen molar-refractivity contribution in [3.05, 3.63) is 156 Å². The number of aromatic nitrogens is 2. The van der Waals surface area contributed by atoms with Crippen LogP contribution >= 0.6 is 11.3 Å². The van der Waals surface area contributed by atoms with E-state index >= 15 is 0 Å². The fourth-order valence-corrected chi connectivity index (χ4v) is 10.1. The summed E-state index contributed by atoms with van der Waals surface area (Å²) < 4.78 is 7.18. The van der Waals surface area contributed by atoms with Crippen molar-refractivity contribution in [1.82, 2.24) is 9.13 Å². The molecule has 0 aliphatic heterocycles. The Morgan fingerprint density at radius 2 is 1.08 bits per heavy atom. The lowest BCUT2D eigenvalue weighted by molar-refractivity contribution is 0.666. The SMILES string of the molecule is CC1(C)c2ccccc2-c2ccc3c(c21)c1cc(C#N)ccc1n3-c1ccc2sc3ccc(-n4c5ccccc5c5cc(C#N)ccc54)cc3c2c1. The third kappa shape index (κ3) is 3.73. The minimum atomic E-state index is -0.194. The van der Waals surface area contributed by atoms with Crippen LogP contribution in [0.3, 0.4) is 0 Å². The molecule has 1 aliphatic rings. The normalized spacial score (nSPS) is 13.3. The minimum absolute atomic E-state index is 0.194. The number of hydrogen-bond acceptors (Lipinski definition) is 3. The lowest BCUT2D eigenvalue weighted by atomic mass is 9.80. The summed E-state index contributed by atoms with van der Waals surface area (Å²) >= 11 is 1.82. The van der Waals surface area contributed by atoms with Crippen LogP contribution in [0.25, 0.3) is 86.3 Å². The third-order valence-corrected chi connectivity index (χ3v) is 12.5. The smallest absolute Gasteiger partial charge is 0.0991 e. The second-order valence-electron chi connectivity index (χ2n) is 14.4. The molecule has 3 heterocycles. The van der Waals surface area contributed by atoms with Gasteiger partial charge in [-0.1, -0.05) is 62.4 Å². The van der Waals surface area contributed by atoms with Gasteiger partial charge in [0.25, 0.3) is 0 Å². The van der Waals surface area contributed by atoms with E-state index in [0.29, 0.717) is 11.1 Å². The number of nitrogens with zero attached hydrogens (tertiary/aromatic N) is 4. The number of rotatable bonds is 2. The first-order valence-corrected chi connectivity index (χ1v) is 18.3. The van der Waals surface area contributed by atoms with Crippen molar-refractivity contribution in [2.75, 3.05) is 0 Å². The summed E-state index contributed by atoms with van der Waals surface area (Å²) in [5, 5.41) is 26.6. The second kappa shape index (κ2) is 10.2. The molecule has 0 bridgehead atoms. The van der Waals surface area contributed by atoms with Crippen LogP contribution in [0, 0.1) is 22.7 Å². The van der Waals surface area contributed by atoms with Gasteiger partial charge in [-0.25, -0.2) is 0 Å². The molecule has 10 aromatic rings. The maximum Gasteiger partial charge on any atom is 0.0991 e. The Labute approximate surface area is 303 Å². The van der Waals surface area contributed by atoms with Gasteiger partial charge in [-0.3, -0.25) is 0 Å². The van der Waals surface area contributed by atoms with Crippen molar-refractivity contribution >= 4 is 75.1 Å². The molecule has 1 aliphatic carbocycles. The lowest BCUT2D eigenvalue weighted by Gasteiger charge is -2.22. The Bertz CT molecular complexity index is 3300. The quantitative estimate of drug-likeness (QED) is 0.182. The maximum absolute atomic E-state index is 9.99. The van der Waals surface area contributed by atoms with Gasteiger partial charge in [-0.15, -0.1) is 11.3 Å². The molecular formula is C47H28N4S. The zero-order chi connectivity index (χ0) is 34.9. The van der Waals surface area contributed by atoms with Crippen LogP contribution < -0.4 is 0 Å². The topological polar surface area (TPSA) is 57.4 Å². The molecule has 7 aromatic carbocycles. The van der Waals surface area contributed by atoms with Gasteiger partial charge in [0.2, 0.25) is 0 Å². The largest absolute Gasteiger partial charge is 0.309 e. The van der Waals surface area contributed by atoms with Crippen molar-refractivity contribution in [2.24, 2.45) is 0 Å². The van der Waals surface area contributed by atoms with Crippen LogP contribution in [-0.4, -0.2) is 9.13 Å². The van der Waals surface area contributed by atoms with E-state index < -0.39 is 0 Å². The van der Waals surface area contributed by atoms with E-state index in [1.54, 1.807) is 0 Å². The number of thiophene rings is 1. The van der Waals surface area contributed by atoms with Crippen LogP contribution in [0.15, 0.2) is 133 Å². The lowest BCUT2D eigenvalue weighted by Crippen LogP contribution is -2.15. The first kappa shape index (κ1) is 29.1. The molecule has 5 heteroatoms. The molecule has 11 rings (SSSR count). The van der Waals surface area contributed by atoms with Crippen LogP contribution in [0.1, 0.15) is 36.1 Å². The van der Waals surface area contributed by atoms with Gasteiger partial charge >= 0.3 is 0 Å². The van der Waals surface area contributed by atoms with Gasteiger partial charge < -0.3 is 9.13 Å². The summed E-state index contributed by atoms with van der Waals surface area (Å²) in [6.07, 6.45) is 0. The first-order valence-electron chi connectivity index (χ1n) is 17.5. The number of fused-ring (bicyclic) bond motifs is 13. The first-order chi connectivity index (χ1) is 25.4. The van der Waals surface area contributed by atoms with E-state index in [1.165, 1.54) is 47.8 Å². The molecule has 0 saturated heterocycles. The van der Waals surface area contributed by atoms with Gasteiger partial charge in [0.1, 0.15) is 0 Å². The fraction of sp³-hybridized carbons (Fsp3) is 0.0638. The molecule has 0 amide bonds. The van der Waals surface area contributed by atoms with Crippen molar-refractivity contribution in [3.8, 4) is 34.6 Å².